The molecule has 71 heavy (non-hydrogen) atoms. The van der Waals surface area contributed by atoms with Gasteiger partial charge in [0, 0.05) is 39.5 Å². The van der Waals surface area contributed by atoms with Crippen molar-refractivity contribution < 1.29 is 0 Å². The molecule has 1 aliphatic rings. The standard InChI is InChI=1S/C69H56N2/c1-49-15-33-59(34-16-49)70(61-37-23-53(24-38-61)21-19-51-11-7-5-8-12-51)63-41-27-55(28-42-63)57-31-45-65-66-46-32-58(48-68(66)69(3,4)67(65)47-57)56-29-43-64(44-30-56)71(60-35-17-50(2)18-36-60)62-39-25-54(26-40-62)22-20-52-13-9-6-10-14-52/h5-48H,1-4H3/b21-19+,22-20+. The molecule has 0 saturated carbocycles. The molecule has 0 N–H and O–H groups in total. The van der Waals surface area contributed by atoms with E-state index in [9.17, 15) is 0 Å². The summed E-state index contributed by atoms with van der Waals surface area (Å²) >= 11 is 0. The largest absolute Gasteiger partial charge is 0.311 e. The van der Waals surface area contributed by atoms with Gasteiger partial charge < -0.3 is 9.80 Å². The molecule has 0 saturated heterocycles. The third kappa shape index (κ3) is 9.41. The molecule has 0 atom stereocenters. The molecular weight excluding hydrogens is 857 g/mol. The van der Waals surface area contributed by atoms with E-state index in [0.717, 1.165) is 45.3 Å². The van der Waals surface area contributed by atoms with Crippen molar-refractivity contribution in [1.82, 2.24) is 0 Å². The molecule has 342 valence electrons. The predicted molar refractivity (Wildman–Crippen MR) is 304 cm³/mol. The van der Waals surface area contributed by atoms with Gasteiger partial charge in [-0.25, -0.2) is 0 Å². The van der Waals surface area contributed by atoms with Crippen LogP contribution >= 0.6 is 0 Å². The second-order valence-corrected chi connectivity index (χ2v) is 19.3. The molecule has 0 amide bonds. The van der Waals surface area contributed by atoms with E-state index < -0.39 is 0 Å². The molecule has 0 aliphatic heterocycles. The first-order valence-corrected chi connectivity index (χ1v) is 24.6. The fraction of sp³-hybridized carbons (Fsp3) is 0.0725. The van der Waals surface area contributed by atoms with Crippen molar-refractivity contribution in [3.63, 3.8) is 0 Å². The lowest BCUT2D eigenvalue weighted by atomic mass is 9.81. The Bertz CT molecular complexity index is 3260. The van der Waals surface area contributed by atoms with Crippen LogP contribution in [0.4, 0.5) is 34.1 Å². The summed E-state index contributed by atoms with van der Waals surface area (Å²) in [7, 11) is 0. The van der Waals surface area contributed by atoms with E-state index in [0.29, 0.717) is 0 Å². The van der Waals surface area contributed by atoms with E-state index in [1.165, 1.54) is 66.8 Å². The normalized spacial score (nSPS) is 12.5. The van der Waals surface area contributed by atoms with E-state index in [-0.39, 0.29) is 5.41 Å². The first kappa shape index (κ1) is 44.8. The summed E-state index contributed by atoms with van der Waals surface area (Å²) in [5, 5.41) is 0. The monoisotopic (exact) mass is 912 g/mol. The number of rotatable bonds is 12. The van der Waals surface area contributed by atoms with E-state index >= 15 is 0 Å². The smallest absolute Gasteiger partial charge is 0.0462 e. The molecule has 0 radical (unpaired) electrons. The number of nitrogens with zero attached hydrogens (tertiary/aromatic N) is 2. The Morgan fingerprint density at radius 1 is 0.282 bits per heavy atom. The highest BCUT2D eigenvalue weighted by Crippen LogP contribution is 2.51. The highest BCUT2D eigenvalue weighted by Gasteiger charge is 2.36. The van der Waals surface area contributed by atoms with Crippen LogP contribution < -0.4 is 9.80 Å². The first-order chi connectivity index (χ1) is 34.7. The van der Waals surface area contributed by atoms with Crippen LogP contribution in [0.3, 0.4) is 0 Å². The summed E-state index contributed by atoms with van der Waals surface area (Å²) in [6, 6.07) is 88.3. The fourth-order valence-electron chi connectivity index (χ4n) is 9.97. The van der Waals surface area contributed by atoms with Crippen molar-refractivity contribution in [3.05, 3.63) is 287 Å². The van der Waals surface area contributed by atoms with Crippen molar-refractivity contribution in [1.29, 1.82) is 0 Å². The maximum Gasteiger partial charge on any atom is 0.0462 e. The molecule has 10 aromatic rings. The van der Waals surface area contributed by atoms with E-state index in [1.54, 1.807) is 0 Å². The summed E-state index contributed by atoms with van der Waals surface area (Å²) in [4.78, 5) is 4.68. The van der Waals surface area contributed by atoms with Crippen LogP contribution in [0.1, 0.15) is 58.4 Å². The summed E-state index contributed by atoms with van der Waals surface area (Å²) in [6.07, 6.45) is 8.67. The van der Waals surface area contributed by atoms with Gasteiger partial charge in [-0.3, -0.25) is 0 Å². The van der Waals surface area contributed by atoms with Crippen LogP contribution in [-0.2, 0) is 5.41 Å². The Balaban J connectivity index is 0.839. The molecule has 2 nitrogen and oxygen atoms in total. The zero-order chi connectivity index (χ0) is 48.3. The minimum absolute atomic E-state index is 0.175. The van der Waals surface area contributed by atoms with Crippen LogP contribution in [-0.4, -0.2) is 0 Å². The average Bonchev–Trinajstić information content (AvgIpc) is 3.64. The molecule has 0 fully saturated rings. The lowest BCUT2D eigenvalue weighted by molar-refractivity contribution is 0.661. The van der Waals surface area contributed by atoms with Gasteiger partial charge in [-0.15, -0.1) is 0 Å². The van der Waals surface area contributed by atoms with Gasteiger partial charge in [0.15, 0.2) is 0 Å². The van der Waals surface area contributed by atoms with Crippen molar-refractivity contribution >= 4 is 58.4 Å². The summed E-state index contributed by atoms with van der Waals surface area (Å²) in [6.45, 7) is 9.03. The van der Waals surface area contributed by atoms with Gasteiger partial charge in [0.1, 0.15) is 0 Å². The Hall–Kier alpha value is -8.72. The zero-order valence-electron chi connectivity index (χ0n) is 40.8. The van der Waals surface area contributed by atoms with Gasteiger partial charge in [-0.05, 0) is 166 Å². The molecule has 0 unspecified atom stereocenters. The maximum absolute atomic E-state index is 2.42. The molecule has 0 aromatic heterocycles. The first-order valence-electron chi connectivity index (χ1n) is 24.6. The van der Waals surface area contributed by atoms with Crippen molar-refractivity contribution in [3.8, 4) is 33.4 Å². The number of fused-ring (bicyclic) bond motifs is 3. The fourth-order valence-corrected chi connectivity index (χ4v) is 9.97. The molecule has 10 aromatic carbocycles. The second-order valence-electron chi connectivity index (χ2n) is 19.3. The highest BCUT2D eigenvalue weighted by atomic mass is 15.1. The molecule has 0 heterocycles. The predicted octanol–water partition coefficient (Wildman–Crippen LogP) is 19.2. The summed E-state index contributed by atoms with van der Waals surface area (Å²) in [5.74, 6) is 0. The van der Waals surface area contributed by atoms with E-state index in [1.807, 2.05) is 12.1 Å². The SMILES string of the molecule is Cc1ccc(N(c2ccc(/C=C/c3ccccc3)cc2)c2ccc(-c3ccc4c(c3)C(C)(C)c3cc(-c5ccc(N(c6ccc(C)cc6)c6ccc(/C=C/c7ccccc7)cc6)cc5)ccc3-4)cc2)cc1. The molecular formula is C69H56N2. The number of anilines is 6. The average molecular weight is 913 g/mol. The van der Waals surface area contributed by atoms with Crippen LogP contribution in [0, 0.1) is 13.8 Å². The Labute approximate surface area is 419 Å². The van der Waals surface area contributed by atoms with E-state index in [4.69, 9.17) is 0 Å². The minimum atomic E-state index is -0.175. The van der Waals surface area contributed by atoms with Crippen LogP contribution in [0.5, 0.6) is 0 Å². The third-order valence-electron chi connectivity index (χ3n) is 14.0. The Kier molecular flexibility index (Phi) is 12.2. The van der Waals surface area contributed by atoms with Gasteiger partial charge in [0.2, 0.25) is 0 Å². The lowest BCUT2D eigenvalue weighted by Crippen LogP contribution is -2.15. The zero-order valence-corrected chi connectivity index (χ0v) is 40.8. The Morgan fingerprint density at radius 2 is 0.549 bits per heavy atom. The van der Waals surface area contributed by atoms with Gasteiger partial charge in [0.25, 0.3) is 0 Å². The molecule has 11 rings (SSSR count). The third-order valence-corrected chi connectivity index (χ3v) is 14.0. The minimum Gasteiger partial charge on any atom is -0.311 e. The van der Waals surface area contributed by atoms with E-state index in [2.05, 4.69) is 292 Å². The van der Waals surface area contributed by atoms with Gasteiger partial charge in [0.05, 0.1) is 0 Å². The quantitative estimate of drug-likeness (QED) is 0.113. The second kappa shape index (κ2) is 19.3. The Morgan fingerprint density at radius 3 is 0.873 bits per heavy atom. The summed E-state index contributed by atoms with van der Waals surface area (Å²) in [5.41, 5.74) is 23.9. The van der Waals surface area contributed by atoms with Crippen molar-refractivity contribution in [2.24, 2.45) is 0 Å². The van der Waals surface area contributed by atoms with Gasteiger partial charge in [-0.1, -0.05) is 207 Å². The highest BCUT2D eigenvalue weighted by molar-refractivity contribution is 5.87. The van der Waals surface area contributed by atoms with Gasteiger partial charge in [-0.2, -0.15) is 0 Å². The maximum atomic E-state index is 2.42. The molecule has 0 spiro atoms. The number of aryl methyl sites for hydroxylation is 2. The van der Waals surface area contributed by atoms with Crippen LogP contribution in [0.25, 0.3) is 57.7 Å². The topological polar surface area (TPSA) is 6.48 Å². The van der Waals surface area contributed by atoms with Crippen molar-refractivity contribution in [2.75, 3.05) is 9.80 Å². The molecule has 0 bridgehead atoms. The number of benzene rings is 10. The number of hydrogen-bond donors (Lipinski definition) is 0. The molecule has 1 aliphatic carbocycles. The van der Waals surface area contributed by atoms with Gasteiger partial charge >= 0.3 is 0 Å². The lowest BCUT2D eigenvalue weighted by Gasteiger charge is -2.26. The molecule has 2 heteroatoms. The number of hydrogen-bond acceptors (Lipinski definition) is 2. The summed E-state index contributed by atoms with van der Waals surface area (Å²) < 4.78 is 0. The van der Waals surface area contributed by atoms with Crippen LogP contribution in [0.2, 0.25) is 0 Å². The van der Waals surface area contributed by atoms with Crippen molar-refractivity contribution in [2.45, 2.75) is 33.1 Å². The van der Waals surface area contributed by atoms with Crippen LogP contribution in [0.15, 0.2) is 243 Å².